The SMILES string of the molecule is Cc1ccc(C(C)(C)C)cc1CNCCCCN. The lowest BCUT2D eigenvalue weighted by Crippen LogP contribution is -2.18. The van der Waals surface area contributed by atoms with Crippen molar-refractivity contribution in [2.75, 3.05) is 13.1 Å². The van der Waals surface area contributed by atoms with E-state index in [2.05, 4.69) is 51.2 Å². The Kier molecular flexibility index (Phi) is 5.83. The molecule has 0 spiro atoms. The van der Waals surface area contributed by atoms with E-state index in [0.717, 1.165) is 32.5 Å². The maximum absolute atomic E-state index is 5.49. The predicted molar refractivity (Wildman–Crippen MR) is 79.9 cm³/mol. The Labute approximate surface area is 112 Å². The Morgan fingerprint density at radius 1 is 1.17 bits per heavy atom. The first kappa shape index (κ1) is 15.2. The van der Waals surface area contributed by atoms with Crippen molar-refractivity contribution < 1.29 is 0 Å². The van der Waals surface area contributed by atoms with Gasteiger partial charge < -0.3 is 11.1 Å². The Morgan fingerprint density at radius 2 is 1.89 bits per heavy atom. The summed E-state index contributed by atoms with van der Waals surface area (Å²) in [5.41, 5.74) is 9.90. The van der Waals surface area contributed by atoms with Crippen LogP contribution in [-0.2, 0) is 12.0 Å². The van der Waals surface area contributed by atoms with E-state index >= 15 is 0 Å². The summed E-state index contributed by atoms with van der Waals surface area (Å²) in [7, 11) is 0. The number of unbranched alkanes of at least 4 members (excludes halogenated alkanes) is 1. The molecule has 0 saturated carbocycles. The second-order valence-corrected chi connectivity index (χ2v) is 6.06. The molecule has 1 aromatic carbocycles. The molecule has 0 saturated heterocycles. The molecule has 0 aliphatic carbocycles. The molecule has 0 aliphatic rings. The molecule has 102 valence electrons. The van der Waals surface area contributed by atoms with Gasteiger partial charge in [-0.05, 0) is 55.0 Å². The fraction of sp³-hybridized carbons (Fsp3) is 0.625. The molecule has 2 heteroatoms. The van der Waals surface area contributed by atoms with E-state index in [-0.39, 0.29) is 5.41 Å². The monoisotopic (exact) mass is 248 g/mol. The van der Waals surface area contributed by atoms with Gasteiger partial charge in [0.2, 0.25) is 0 Å². The van der Waals surface area contributed by atoms with Crippen LogP contribution in [0.1, 0.15) is 50.3 Å². The van der Waals surface area contributed by atoms with Crippen LogP contribution in [0.2, 0.25) is 0 Å². The van der Waals surface area contributed by atoms with Crippen molar-refractivity contribution in [3.8, 4) is 0 Å². The predicted octanol–water partition coefficient (Wildman–Crippen LogP) is 3.12. The van der Waals surface area contributed by atoms with E-state index in [1.54, 1.807) is 0 Å². The first-order valence-electron chi connectivity index (χ1n) is 6.96. The molecule has 0 aromatic heterocycles. The molecule has 0 heterocycles. The molecule has 0 fully saturated rings. The quantitative estimate of drug-likeness (QED) is 0.759. The Morgan fingerprint density at radius 3 is 2.50 bits per heavy atom. The van der Waals surface area contributed by atoms with Crippen LogP contribution in [0.4, 0.5) is 0 Å². The van der Waals surface area contributed by atoms with Crippen molar-refractivity contribution >= 4 is 0 Å². The molecule has 0 atom stereocenters. The molecule has 0 unspecified atom stereocenters. The summed E-state index contributed by atoms with van der Waals surface area (Å²) in [6.45, 7) is 11.8. The number of aryl methyl sites for hydroxylation is 1. The van der Waals surface area contributed by atoms with E-state index in [4.69, 9.17) is 5.73 Å². The third-order valence-electron chi connectivity index (χ3n) is 3.34. The Hall–Kier alpha value is -0.860. The molecule has 1 aromatic rings. The number of rotatable bonds is 6. The number of benzene rings is 1. The first-order valence-corrected chi connectivity index (χ1v) is 6.96. The van der Waals surface area contributed by atoms with Gasteiger partial charge in [-0.3, -0.25) is 0 Å². The average molecular weight is 248 g/mol. The van der Waals surface area contributed by atoms with E-state index in [0.29, 0.717) is 0 Å². The smallest absolute Gasteiger partial charge is 0.0208 e. The van der Waals surface area contributed by atoms with Crippen LogP contribution in [0.15, 0.2) is 18.2 Å². The molecule has 2 nitrogen and oxygen atoms in total. The maximum atomic E-state index is 5.49. The van der Waals surface area contributed by atoms with Crippen molar-refractivity contribution in [3.05, 3.63) is 34.9 Å². The zero-order chi connectivity index (χ0) is 13.6. The minimum Gasteiger partial charge on any atom is -0.330 e. The molecule has 3 N–H and O–H groups in total. The van der Waals surface area contributed by atoms with Crippen LogP contribution < -0.4 is 11.1 Å². The average Bonchev–Trinajstić information content (AvgIpc) is 2.29. The van der Waals surface area contributed by atoms with E-state index in [9.17, 15) is 0 Å². The highest BCUT2D eigenvalue weighted by Crippen LogP contribution is 2.24. The van der Waals surface area contributed by atoms with Crippen molar-refractivity contribution in [2.24, 2.45) is 5.73 Å². The van der Waals surface area contributed by atoms with Gasteiger partial charge in [0.05, 0.1) is 0 Å². The van der Waals surface area contributed by atoms with E-state index in [1.165, 1.54) is 16.7 Å². The van der Waals surface area contributed by atoms with Crippen LogP contribution in [0.5, 0.6) is 0 Å². The third-order valence-corrected chi connectivity index (χ3v) is 3.34. The van der Waals surface area contributed by atoms with Crippen LogP contribution in [-0.4, -0.2) is 13.1 Å². The molecule has 18 heavy (non-hydrogen) atoms. The lowest BCUT2D eigenvalue weighted by molar-refractivity contribution is 0.586. The van der Waals surface area contributed by atoms with Gasteiger partial charge in [-0.25, -0.2) is 0 Å². The highest BCUT2D eigenvalue weighted by molar-refractivity contribution is 5.34. The van der Waals surface area contributed by atoms with Crippen LogP contribution in [0, 0.1) is 6.92 Å². The highest BCUT2D eigenvalue weighted by Gasteiger charge is 2.14. The van der Waals surface area contributed by atoms with Gasteiger partial charge >= 0.3 is 0 Å². The zero-order valence-electron chi connectivity index (χ0n) is 12.3. The number of nitrogens with one attached hydrogen (secondary N) is 1. The van der Waals surface area contributed by atoms with Gasteiger partial charge in [0.1, 0.15) is 0 Å². The Bertz CT molecular complexity index is 364. The molecule has 1 rings (SSSR count). The van der Waals surface area contributed by atoms with Gasteiger partial charge in [-0.15, -0.1) is 0 Å². The topological polar surface area (TPSA) is 38.0 Å². The van der Waals surface area contributed by atoms with Gasteiger partial charge in [0, 0.05) is 6.54 Å². The summed E-state index contributed by atoms with van der Waals surface area (Å²) in [5.74, 6) is 0. The minimum atomic E-state index is 0.224. The molecule has 0 bridgehead atoms. The normalized spacial score (nSPS) is 11.8. The van der Waals surface area contributed by atoms with E-state index < -0.39 is 0 Å². The van der Waals surface area contributed by atoms with Crippen molar-refractivity contribution in [2.45, 2.75) is 52.5 Å². The van der Waals surface area contributed by atoms with Crippen molar-refractivity contribution in [1.82, 2.24) is 5.32 Å². The lowest BCUT2D eigenvalue weighted by Gasteiger charge is -2.21. The number of nitrogens with two attached hydrogens (primary N) is 1. The van der Waals surface area contributed by atoms with Crippen molar-refractivity contribution in [3.63, 3.8) is 0 Å². The minimum absolute atomic E-state index is 0.224. The molecule has 0 amide bonds. The fourth-order valence-corrected chi connectivity index (χ4v) is 1.95. The van der Waals surface area contributed by atoms with Gasteiger partial charge in [0.15, 0.2) is 0 Å². The molecule has 0 aliphatic heterocycles. The van der Waals surface area contributed by atoms with Crippen LogP contribution >= 0.6 is 0 Å². The maximum Gasteiger partial charge on any atom is 0.0208 e. The molecular weight excluding hydrogens is 220 g/mol. The summed E-state index contributed by atoms with van der Waals surface area (Å²) in [6.07, 6.45) is 2.27. The van der Waals surface area contributed by atoms with E-state index in [1.807, 2.05) is 0 Å². The summed E-state index contributed by atoms with van der Waals surface area (Å²) in [5, 5.41) is 3.50. The first-order chi connectivity index (χ1) is 8.45. The second kappa shape index (κ2) is 6.91. The Balaban J connectivity index is 2.59. The highest BCUT2D eigenvalue weighted by atomic mass is 14.8. The van der Waals surface area contributed by atoms with Gasteiger partial charge in [-0.2, -0.15) is 0 Å². The zero-order valence-corrected chi connectivity index (χ0v) is 12.3. The third kappa shape index (κ3) is 4.79. The van der Waals surface area contributed by atoms with Crippen LogP contribution in [0.3, 0.4) is 0 Å². The molecule has 0 radical (unpaired) electrons. The largest absolute Gasteiger partial charge is 0.330 e. The summed E-state index contributed by atoms with van der Waals surface area (Å²) >= 11 is 0. The number of hydrogen-bond donors (Lipinski definition) is 2. The van der Waals surface area contributed by atoms with Crippen molar-refractivity contribution in [1.29, 1.82) is 0 Å². The van der Waals surface area contributed by atoms with Gasteiger partial charge in [-0.1, -0.05) is 39.0 Å². The summed E-state index contributed by atoms with van der Waals surface area (Å²) in [4.78, 5) is 0. The standard InChI is InChI=1S/C16H28N2/c1-13-7-8-15(16(2,3)4)11-14(13)12-18-10-6-5-9-17/h7-8,11,18H,5-6,9-10,12,17H2,1-4H3. The second-order valence-electron chi connectivity index (χ2n) is 6.06. The molecular formula is C16H28N2. The number of hydrogen-bond acceptors (Lipinski definition) is 2. The summed E-state index contributed by atoms with van der Waals surface area (Å²) in [6, 6.07) is 6.82. The fourth-order valence-electron chi connectivity index (χ4n) is 1.95. The lowest BCUT2D eigenvalue weighted by atomic mass is 9.85. The van der Waals surface area contributed by atoms with Crippen LogP contribution in [0.25, 0.3) is 0 Å². The summed E-state index contributed by atoms with van der Waals surface area (Å²) < 4.78 is 0. The van der Waals surface area contributed by atoms with Gasteiger partial charge in [0.25, 0.3) is 0 Å².